The molecule has 1 amide bonds. The van der Waals surface area contributed by atoms with E-state index in [2.05, 4.69) is 14.9 Å². The second kappa shape index (κ2) is 7.23. The lowest BCUT2D eigenvalue weighted by Gasteiger charge is -2.34. The van der Waals surface area contributed by atoms with E-state index in [1.54, 1.807) is 12.4 Å². The van der Waals surface area contributed by atoms with Crippen LogP contribution < -0.4 is 5.73 Å². The number of hydrogen-bond acceptors (Lipinski definition) is 6. The number of amides is 1. The maximum atomic E-state index is 12.6. The van der Waals surface area contributed by atoms with Gasteiger partial charge in [-0.2, -0.15) is 0 Å². The molecule has 2 N–H and O–H groups in total. The van der Waals surface area contributed by atoms with Gasteiger partial charge in [0.1, 0.15) is 17.6 Å². The minimum absolute atomic E-state index is 0.148. The van der Waals surface area contributed by atoms with Crippen LogP contribution in [0.4, 0.5) is 5.82 Å². The van der Waals surface area contributed by atoms with E-state index in [-0.39, 0.29) is 12.0 Å². The number of hydrogen-bond donors (Lipinski definition) is 1. The van der Waals surface area contributed by atoms with Gasteiger partial charge in [-0.05, 0) is 19.9 Å². The quantitative estimate of drug-likeness (QED) is 0.885. The number of nitrogen functional groups attached to an aromatic ring is 1. The molecule has 2 fully saturated rings. The summed E-state index contributed by atoms with van der Waals surface area (Å²) in [4.78, 5) is 24.9. The van der Waals surface area contributed by atoms with Crippen LogP contribution in [0.5, 0.6) is 0 Å². The van der Waals surface area contributed by atoms with Gasteiger partial charge in [-0.3, -0.25) is 14.7 Å². The van der Waals surface area contributed by atoms with E-state index in [0.717, 1.165) is 0 Å². The van der Waals surface area contributed by atoms with Crippen molar-refractivity contribution < 1.29 is 9.53 Å². The highest BCUT2D eigenvalue weighted by atomic mass is 16.5. The maximum absolute atomic E-state index is 12.6. The SMILES string of the molecule is CN(CC(=O)N1CCOC(c2nccnc2N)C1)C1CCCC1. The smallest absolute Gasteiger partial charge is 0.236 e. The van der Waals surface area contributed by atoms with Gasteiger partial charge in [-0.15, -0.1) is 0 Å². The van der Waals surface area contributed by atoms with Crippen molar-refractivity contribution in [1.82, 2.24) is 19.8 Å². The summed E-state index contributed by atoms with van der Waals surface area (Å²) in [6, 6.07) is 0.548. The predicted octanol–water partition coefficient (Wildman–Crippen LogP) is 0.833. The first-order valence-electron chi connectivity index (χ1n) is 8.31. The van der Waals surface area contributed by atoms with Gasteiger partial charge in [0.15, 0.2) is 0 Å². The summed E-state index contributed by atoms with van der Waals surface area (Å²) in [7, 11) is 2.05. The molecule has 1 aliphatic carbocycles. The number of nitrogens with two attached hydrogens (primary N) is 1. The predicted molar refractivity (Wildman–Crippen MR) is 86.6 cm³/mol. The van der Waals surface area contributed by atoms with Crippen molar-refractivity contribution in [2.75, 3.05) is 39.0 Å². The van der Waals surface area contributed by atoms with E-state index in [9.17, 15) is 4.79 Å². The van der Waals surface area contributed by atoms with Crippen molar-refractivity contribution >= 4 is 11.7 Å². The van der Waals surface area contributed by atoms with Crippen molar-refractivity contribution in [1.29, 1.82) is 0 Å². The van der Waals surface area contributed by atoms with Gasteiger partial charge in [0.25, 0.3) is 0 Å². The van der Waals surface area contributed by atoms with Crippen LogP contribution in [0.2, 0.25) is 0 Å². The van der Waals surface area contributed by atoms with Crippen LogP contribution >= 0.6 is 0 Å². The summed E-state index contributed by atoms with van der Waals surface area (Å²) >= 11 is 0. The van der Waals surface area contributed by atoms with E-state index in [1.165, 1.54) is 25.7 Å². The summed E-state index contributed by atoms with van der Waals surface area (Å²) < 4.78 is 5.74. The van der Waals surface area contributed by atoms with Crippen molar-refractivity contribution in [2.45, 2.75) is 37.8 Å². The number of likely N-dealkylation sites (N-methyl/N-ethyl adjacent to an activating group) is 1. The van der Waals surface area contributed by atoms with E-state index >= 15 is 0 Å². The normalized spacial score (nSPS) is 22.7. The molecule has 0 bridgehead atoms. The number of carbonyl (C=O) groups excluding carboxylic acids is 1. The molecule has 0 aromatic carbocycles. The fourth-order valence-electron chi connectivity index (χ4n) is 3.44. The molecule has 2 aliphatic rings. The number of rotatable bonds is 4. The summed E-state index contributed by atoms with van der Waals surface area (Å²) in [6.07, 6.45) is 7.81. The van der Waals surface area contributed by atoms with Gasteiger partial charge in [-0.1, -0.05) is 12.8 Å². The van der Waals surface area contributed by atoms with Crippen LogP contribution in [0.15, 0.2) is 12.4 Å². The highest BCUT2D eigenvalue weighted by Gasteiger charge is 2.29. The lowest BCUT2D eigenvalue weighted by atomic mass is 10.2. The second-order valence-corrected chi connectivity index (χ2v) is 6.38. The highest BCUT2D eigenvalue weighted by molar-refractivity contribution is 5.78. The third-order valence-corrected chi connectivity index (χ3v) is 4.81. The fourth-order valence-corrected chi connectivity index (χ4v) is 3.44. The lowest BCUT2D eigenvalue weighted by Crippen LogP contribution is -2.47. The molecule has 1 saturated carbocycles. The Hall–Kier alpha value is -1.73. The van der Waals surface area contributed by atoms with Crippen molar-refractivity contribution in [2.24, 2.45) is 0 Å². The zero-order chi connectivity index (χ0) is 16.2. The van der Waals surface area contributed by atoms with Gasteiger partial charge >= 0.3 is 0 Å². The van der Waals surface area contributed by atoms with Crippen LogP contribution in [-0.2, 0) is 9.53 Å². The van der Waals surface area contributed by atoms with Crippen LogP contribution in [0.3, 0.4) is 0 Å². The highest BCUT2D eigenvalue weighted by Crippen LogP contribution is 2.25. The van der Waals surface area contributed by atoms with Gasteiger partial charge in [0.2, 0.25) is 5.91 Å². The molecular formula is C16H25N5O2. The minimum Gasteiger partial charge on any atom is -0.382 e. The number of morpholine rings is 1. The first kappa shape index (κ1) is 16.1. The molecule has 23 heavy (non-hydrogen) atoms. The third kappa shape index (κ3) is 3.79. The molecule has 1 aliphatic heterocycles. The second-order valence-electron chi connectivity index (χ2n) is 6.38. The molecule has 1 saturated heterocycles. The van der Waals surface area contributed by atoms with Gasteiger partial charge in [0, 0.05) is 25.0 Å². The van der Waals surface area contributed by atoms with E-state index < -0.39 is 0 Å². The van der Waals surface area contributed by atoms with Crippen molar-refractivity contribution in [3.05, 3.63) is 18.1 Å². The number of anilines is 1. The molecule has 0 spiro atoms. The molecule has 1 aromatic rings. The average molecular weight is 319 g/mol. The first-order valence-corrected chi connectivity index (χ1v) is 8.31. The Morgan fingerprint density at radius 1 is 1.39 bits per heavy atom. The van der Waals surface area contributed by atoms with Gasteiger partial charge < -0.3 is 15.4 Å². The van der Waals surface area contributed by atoms with Crippen LogP contribution in [0.25, 0.3) is 0 Å². The van der Waals surface area contributed by atoms with Gasteiger partial charge in [0.05, 0.1) is 19.7 Å². The number of ether oxygens (including phenoxy) is 1. The Balaban J connectivity index is 1.59. The Morgan fingerprint density at radius 2 is 2.13 bits per heavy atom. The first-order chi connectivity index (χ1) is 11.1. The lowest BCUT2D eigenvalue weighted by molar-refractivity contribution is -0.140. The van der Waals surface area contributed by atoms with Crippen LogP contribution in [0, 0.1) is 0 Å². The number of nitrogens with zero attached hydrogens (tertiary/aromatic N) is 4. The zero-order valence-electron chi connectivity index (χ0n) is 13.6. The molecule has 1 aromatic heterocycles. The Bertz CT molecular complexity index is 547. The third-order valence-electron chi connectivity index (χ3n) is 4.81. The molecule has 0 radical (unpaired) electrons. The Morgan fingerprint density at radius 3 is 2.87 bits per heavy atom. The molecule has 7 nitrogen and oxygen atoms in total. The standard InChI is InChI=1S/C16H25N5O2/c1-20(12-4-2-3-5-12)11-14(22)21-8-9-23-13(10-21)15-16(17)19-7-6-18-15/h6-7,12-13H,2-5,8-11H2,1H3,(H2,17,19). The molecular weight excluding hydrogens is 294 g/mol. The van der Waals surface area contributed by atoms with Crippen LogP contribution in [-0.4, -0.2) is 65.0 Å². The summed E-state index contributed by atoms with van der Waals surface area (Å²) in [5.74, 6) is 0.519. The maximum Gasteiger partial charge on any atom is 0.236 e. The van der Waals surface area contributed by atoms with E-state index in [4.69, 9.17) is 10.5 Å². The molecule has 2 heterocycles. The number of carbonyl (C=O) groups is 1. The Kier molecular flexibility index (Phi) is 5.07. The van der Waals surface area contributed by atoms with Crippen molar-refractivity contribution in [3.63, 3.8) is 0 Å². The number of aromatic nitrogens is 2. The monoisotopic (exact) mass is 319 g/mol. The van der Waals surface area contributed by atoms with Gasteiger partial charge in [-0.25, -0.2) is 4.98 Å². The molecule has 126 valence electrons. The fraction of sp³-hybridized carbons (Fsp3) is 0.688. The molecule has 1 unspecified atom stereocenters. The summed E-state index contributed by atoms with van der Waals surface area (Å²) in [6.45, 7) is 2.07. The molecule has 3 rings (SSSR count). The largest absolute Gasteiger partial charge is 0.382 e. The van der Waals surface area contributed by atoms with E-state index in [0.29, 0.717) is 43.8 Å². The average Bonchev–Trinajstić information content (AvgIpc) is 3.10. The summed E-state index contributed by atoms with van der Waals surface area (Å²) in [5, 5.41) is 0. The molecule has 1 atom stereocenters. The molecule has 7 heteroatoms. The Labute approximate surface area is 136 Å². The summed E-state index contributed by atoms with van der Waals surface area (Å²) in [5.41, 5.74) is 6.49. The minimum atomic E-state index is -0.293. The zero-order valence-corrected chi connectivity index (χ0v) is 13.6. The van der Waals surface area contributed by atoms with E-state index in [1.807, 2.05) is 11.9 Å². The topological polar surface area (TPSA) is 84.6 Å². The van der Waals surface area contributed by atoms with Crippen LogP contribution in [0.1, 0.15) is 37.5 Å². The van der Waals surface area contributed by atoms with Crippen molar-refractivity contribution in [3.8, 4) is 0 Å².